The zero-order valence-corrected chi connectivity index (χ0v) is 25.4. The van der Waals surface area contributed by atoms with Gasteiger partial charge in [0.2, 0.25) is 0 Å². The van der Waals surface area contributed by atoms with Crippen LogP contribution in [-0.4, -0.2) is 17.9 Å². The Kier molecular flexibility index (Phi) is 4.66. The Bertz CT molecular complexity index is 2720. The van der Waals surface area contributed by atoms with Crippen LogP contribution in [-0.2, 0) is 6.42 Å². The highest BCUT2D eigenvalue weighted by Gasteiger charge is 2.29. The Morgan fingerprint density at radius 3 is 1.33 bits per heavy atom. The molecule has 46 heavy (non-hydrogen) atoms. The molecule has 0 saturated carbocycles. The number of fused-ring (bicyclic) bond motifs is 16. The molecule has 0 saturated heterocycles. The minimum absolute atomic E-state index is 0.723. The largest absolute Gasteiger partial charge is 0.293 e. The third-order valence-electron chi connectivity index (χ3n) is 10.0. The van der Waals surface area contributed by atoms with Gasteiger partial charge in [-0.25, -0.2) is 0 Å². The van der Waals surface area contributed by atoms with Gasteiger partial charge in [0, 0.05) is 28.3 Å². The summed E-state index contributed by atoms with van der Waals surface area (Å²) in [6, 6.07) is 50.3. The second kappa shape index (κ2) is 8.72. The summed E-state index contributed by atoms with van der Waals surface area (Å²) in [5.74, 6) is 0. The summed E-state index contributed by atoms with van der Waals surface area (Å²) in [6.45, 7) is 0. The van der Waals surface area contributed by atoms with E-state index in [1.807, 2.05) is 0 Å². The van der Waals surface area contributed by atoms with Gasteiger partial charge in [-0.1, -0.05) is 103 Å². The highest BCUT2D eigenvalue weighted by molar-refractivity contribution is 6.35. The number of halogens is 1. The van der Waals surface area contributed by atoms with Gasteiger partial charge in [-0.15, -0.1) is 0 Å². The van der Waals surface area contributed by atoms with Gasteiger partial charge in [-0.2, -0.15) is 0 Å². The van der Waals surface area contributed by atoms with Crippen LogP contribution in [0.5, 0.6) is 0 Å². The highest BCUT2D eigenvalue weighted by Crippen LogP contribution is 2.45. The van der Waals surface area contributed by atoms with Crippen LogP contribution in [0.3, 0.4) is 0 Å². The number of rotatable bonds is 1. The topological polar surface area (TPSA) is 18.7 Å². The van der Waals surface area contributed by atoms with Crippen LogP contribution < -0.4 is 0 Å². The fraction of sp³-hybridized carbons (Fsp3) is 0.0244. The number of benzene rings is 6. The predicted octanol–water partition coefficient (Wildman–Crippen LogP) is 10.6. The third kappa shape index (κ3) is 2.95. The monoisotopic (exact) mass is 608 g/mol. The van der Waals surface area contributed by atoms with E-state index in [0.717, 1.165) is 56.3 Å². The van der Waals surface area contributed by atoms with Crippen molar-refractivity contribution < 1.29 is 0 Å². The van der Waals surface area contributed by atoms with Crippen LogP contribution in [0.25, 0.3) is 77.7 Å². The van der Waals surface area contributed by atoms with Crippen molar-refractivity contribution >= 4 is 66.8 Å². The van der Waals surface area contributed by atoms with Crippen molar-refractivity contribution in [3.8, 4) is 22.5 Å². The summed E-state index contributed by atoms with van der Waals surface area (Å²) in [5, 5.41) is 3.25. The lowest BCUT2D eigenvalue weighted by Gasteiger charge is -2.19. The molecule has 0 radical (unpaired) electrons. The van der Waals surface area contributed by atoms with Crippen molar-refractivity contribution in [2.24, 2.45) is 0 Å². The fourth-order valence-electron chi connectivity index (χ4n) is 8.19. The molecule has 0 unspecified atom stereocenters. The summed E-state index contributed by atoms with van der Waals surface area (Å²) in [4.78, 5) is 0. The van der Waals surface area contributed by atoms with Crippen molar-refractivity contribution in [2.45, 2.75) is 6.42 Å². The molecule has 6 aromatic carbocycles. The van der Waals surface area contributed by atoms with E-state index < -0.39 is 0 Å². The lowest BCUT2D eigenvalue weighted by atomic mass is 10.0. The van der Waals surface area contributed by atoms with Crippen LogP contribution in [0, 0.1) is 0 Å². The van der Waals surface area contributed by atoms with Gasteiger partial charge in [0.1, 0.15) is 11.3 Å². The van der Waals surface area contributed by atoms with E-state index in [4.69, 9.17) is 11.6 Å². The maximum absolute atomic E-state index is 7.76. The second-order valence-electron chi connectivity index (χ2n) is 12.3. The summed E-state index contributed by atoms with van der Waals surface area (Å²) in [6.07, 6.45) is 0.772. The normalized spacial score (nSPS) is 12.8. The lowest BCUT2D eigenvalue weighted by molar-refractivity contribution is 1.07. The Labute approximate surface area is 268 Å². The van der Waals surface area contributed by atoms with Crippen molar-refractivity contribution in [3.05, 3.63) is 156 Å². The molecule has 2 bridgehead atoms. The Morgan fingerprint density at radius 1 is 0.413 bits per heavy atom. The molecule has 4 nitrogen and oxygen atoms in total. The number of nitrogens with zero attached hydrogens (tertiary/aromatic N) is 4. The molecule has 216 valence electrons. The first-order chi connectivity index (χ1) is 22.8. The van der Waals surface area contributed by atoms with Crippen molar-refractivity contribution in [1.82, 2.24) is 17.9 Å². The minimum Gasteiger partial charge on any atom is -0.293 e. The molecule has 0 amide bonds. The molecule has 0 N–H and O–H groups in total. The smallest absolute Gasteiger partial charge is 0.127 e. The SMILES string of the molecule is Clc1c2cc(-c3ccccc3)cc1-n1c3ccccc3n3c4ccccc4c(c13)Cc1c3ccccc3n3c4ccccc4n-2c13. The molecule has 0 aliphatic carbocycles. The summed E-state index contributed by atoms with van der Waals surface area (Å²) in [7, 11) is 0. The molecular formula is C41H25ClN4. The quantitative estimate of drug-likeness (QED) is 0.176. The van der Waals surface area contributed by atoms with E-state index >= 15 is 0 Å². The Balaban J connectivity index is 1.46. The van der Waals surface area contributed by atoms with Crippen molar-refractivity contribution in [3.63, 3.8) is 0 Å². The van der Waals surface area contributed by atoms with Crippen LogP contribution in [0.15, 0.2) is 140 Å². The molecular weight excluding hydrogens is 584 g/mol. The number of para-hydroxylation sites is 6. The van der Waals surface area contributed by atoms with Crippen LogP contribution in [0.1, 0.15) is 11.1 Å². The minimum atomic E-state index is 0.723. The maximum Gasteiger partial charge on any atom is 0.127 e. The zero-order chi connectivity index (χ0) is 30.1. The van der Waals surface area contributed by atoms with E-state index in [-0.39, 0.29) is 0 Å². The maximum atomic E-state index is 7.76. The first-order valence-electron chi connectivity index (χ1n) is 15.7. The molecule has 0 atom stereocenters. The van der Waals surface area contributed by atoms with Gasteiger partial charge in [-0.05, 0) is 59.7 Å². The molecule has 5 heterocycles. The van der Waals surface area contributed by atoms with Gasteiger partial charge in [-0.3, -0.25) is 17.9 Å². The van der Waals surface area contributed by atoms with Gasteiger partial charge in [0.15, 0.2) is 0 Å². The van der Waals surface area contributed by atoms with Gasteiger partial charge < -0.3 is 0 Å². The second-order valence-corrected chi connectivity index (χ2v) is 12.7. The van der Waals surface area contributed by atoms with E-state index in [9.17, 15) is 0 Å². The van der Waals surface area contributed by atoms with Crippen LogP contribution in [0.2, 0.25) is 5.02 Å². The fourth-order valence-corrected chi connectivity index (χ4v) is 8.47. The van der Waals surface area contributed by atoms with E-state index in [1.165, 1.54) is 44.0 Å². The molecule has 0 spiro atoms. The summed E-state index contributed by atoms with van der Waals surface area (Å²) in [5.41, 5.74) is 16.2. The molecule has 1 aliphatic heterocycles. The number of aromatic nitrogens is 4. The standard InChI is InChI=1S/C41H25ClN4/c42-39-37-22-26(25-12-2-1-3-13-25)23-38(39)46-36-21-11-9-19-34(36)44-32-17-7-5-15-28(32)30(41(44)46)24-29-27-14-4-6-16-31(27)43-33-18-8-10-20-35(33)45(37)40(29)43/h1-23H,24H2. The lowest BCUT2D eigenvalue weighted by Crippen LogP contribution is -2.06. The third-order valence-corrected chi connectivity index (χ3v) is 10.4. The first-order valence-corrected chi connectivity index (χ1v) is 16.1. The predicted molar refractivity (Wildman–Crippen MR) is 190 cm³/mol. The highest BCUT2D eigenvalue weighted by atomic mass is 35.5. The number of hydrogen-bond donors (Lipinski definition) is 0. The van der Waals surface area contributed by atoms with Gasteiger partial charge >= 0.3 is 0 Å². The Hall–Kier alpha value is -5.71. The summed E-state index contributed by atoms with van der Waals surface area (Å²) >= 11 is 7.76. The number of hydrogen-bond acceptors (Lipinski definition) is 0. The molecule has 5 heteroatoms. The van der Waals surface area contributed by atoms with Crippen LogP contribution in [0.4, 0.5) is 0 Å². The average molecular weight is 609 g/mol. The molecule has 0 fully saturated rings. The molecule has 4 aromatic heterocycles. The first kappa shape index (κ1) is 24.6. The van der Waals surface area contributed by atoms with E-state index in [1.54, 1.807) is 0 Å². The number of imidazole rings is 2. The van der Waals surface area contributed by atoms with Crippen LogP contribution >= 0.6 is 11.6 Å². The van der Waals surface area contributed by atoms with E-state index in [0.29, 0.717) is 0 Å². The Morgan fingerprint density at radius 2 is 0.826 bits per heavy atom. The zero-order valence-electron chi connectivity index (χ0n) is 24.7. The summed E-state index contributed by atoms with van der Waals surface area (Å²) < 4.78 is 9.71. The van der Waals surface area contributed by atoms with Gasteiger partial charge in [0.05, 0.1) is 49.5 Å². The molecule has 11 rings (SSSR count). The van der Waals surface area contributed by atoms with Crippen molar-refractivity contribution in [1.29, 1.82) is 0 Å². The average Bonchev–Trinajstić information content (AvgIpc) is 3.81. The molecule has 1 aliphatic rings. The van der Waals surface area contributed by atoms with E-state index in [2.05, 4.69) is 157 Å². The van der Waals surface area contributed by atoms with Gasteiger partial charge in [0.25, 0.3) is 0 Å². The van der Waals surface area contributed by atoms with Crippen molar-refractivity contribution in [2.75, 3.05) is 0 Å². The molecule has 10 aromatic rings.